The first-order valence-electron chi connectivity index (χ1n) is 8.34. The summed E-state index contributed by atoms with van der Waals surface area (Å²) in [5, 5.41) is 4.81. The molecule has 0 amide bonds. The Labute approximate surface area is 147 Å². The van der Waals surface area contributed by atoms with Crippen LogP contribution < -0.4 is 4.90 Å². The smallest absolute Gasteiger partial charge is 0.280 e. The summed E-state index contributed by atoms with van der Waals surface area (Å²) in [5.74, 6) is 3.49. The minimum atomic E-state index is 0.444. The number of aromatic nitrogens is 4. The highest BCUT2D eigenvalue weighted by Crippen LogP contribution is 2.42. The third-order valence-corrected chi connectivity index (χ3v) is 5.22. The van der Waals surface area contributed by atoms with E-state index in [0.717, 1.165) is 54.7 Å². The number of anilines is 1. The summed E-state index contributed by atoms with van der Waals surface area (Å²) in [6, 6.07) is 5.85. The zero-order chi connectivity index (χ0) is 16.5. The van der Waals surface area contributed by atoms with E-state index in [1.54, 1.807) is 6.33 Å². The van der Waals surface area contributed by atoms with Crippen LogP contribution in [-0.4, -0.2) is 38.6 Å². The molecule has 0 spiro atoms. The second-order valence-electron chi connectivity index (χ2n) is 6.51. The molecule has 3 aliphatic rings. The van der Waals surface area contributed by atoms with E-state index in [9.17, 15) is 0 Å². The van der Waals surface area contributed by atoms with Crippen molar-refractivity contribution in [2.75, 3.05) is 18.0 Å². The first-order chi connectivity index (χ1) is 12.3. The van der Waals surface area contributed by atoms with E-state index in [4.69, 9.17) is 16.1 Å². The van der Waals surface area contributed by atoms with E-state index in [-0.39, 0.29) is 0 Å². The van der Waals surface area contributed by atoms with Crippen LogP contribution in [0.1, 0.15) is 30.1 Å². The molecule has 1 saturated carbocycles. The molecule has 124 valence electrons. The van der Waals surface area contributed by atoms with Crippen LogP contribution in [0.15, 0.2) is 34.0 Å². The minimum Gasteiger partial charge on any atom is -0.332 e. The number of aliphatic imine (C=N–C) groups is 1. The maximum Gasteiger partial charge on any atom is 0.280 e. The molecule has 0 unspecified atom stereocenters. The van der Waals surface area contributed by atoms with Gasteiger partial charge in [-0.3, -0.25) is 9.56 Å². The van der Waals surface area contributed by atoms with Gasteiger partial charge >= 0.3 is 0 Å². The molecule has 0 N–H and O–H groups in total. The Hall–Kier alpha value is -2.67. The second-order valence-corrected chi connectivity index (χ2v) is 6.92. The molecule has 7 nitrogen and oxygen atoms in total. The lowest BCUT2D eigenvalue weighted by atomic mass is 10.1. The van der Waals surface area contributed by atoms with Crippen LogP contribution in [-0.2, 0) is 0 Å². The monoisotopic (exact) mass is 352 g/mol. The fourth-order valence-electron chi connectivity index (χ4n) is 3.57. The summed E-state index contributed by atoms with van der Waals surface area (Å²) in [5.41, 5.74) is 2.61. The lowest BCUT2D eigenvalue weighted by molar-refractivity contribution is 0.421. The molecular formula is C17H13ClN6O. The standard InChI is InChI=1S/C17H13ClN6O/c18-10-2-1-3-11-12(10)15-19-6-7-23(15)17-13(20-8-24(11)17)16-21-14(22-25-16)9-4-5-9/h1-3,8-9H,4-7H2. The van der Waals surface area contributed by atoms with Gasteiger partial charge in [-0.15, -0.1) is 0 Å². The lowest BCUT2D eigenvalue weighted by Gasteiger charge is -2.29. The fourth-order valence-corrected chi connectivity index (χ4v) is 3.82. The van der Waals surface area contributed by atoms with Crippen molar-refractivity contribution in [2.24, 2.45) is 4.99 Å². The third kappa shape index (κ3) is 1.81. The third-order valence-electron chi connectivity index (χ3n) is 4.90. The number of benzene rings is 1. The van der Waals surface area contributed by atoms with Crippen molar-refractivity contribution in [2.45, 2.75) is 18.8 Å². The van der Waals surface area contributed by atoms with E-state index in [1.807, 2.05) is 22.8 Å². The van der Waals surface area contributed by atoms with Crippen molar-refractivity contribution in [3.8, 4) is 17.3 Å². The highest BCUT2D eigenvalue weighted by molar-refractivity contribution is 6.36. The topological polar surface area (TPSA) is 72.3 Å². The van der Waals surface area contributed by atoms with Gasteiger partial charge in [0.1, 0.15) is 12.2 Å². The Kier molecular flexibility index (Phi) is 2.55. The molecule has 2 aliphatic heterocycles. The average Bonchev–Trinajstić information content (AvgIpc) is 3.03. The van der Waals surface area contributed by atoms with E-state index >= 15 is 0 Å². The Morgan fingerprint density at radius 1 is 1.24 bits per heavy atom. The van der Waals surface area contributed by atoms with E-state index in [2.05, 4.69) is 25.0 Å². The molecule has 6 rings (SSSR count). The molecule has 25 heavy (non-hydrogen) atoms. The van der Waals surface area contributed by atoms with Crippen LogP contribution in [0, 0.1) is 0 Å². The summed E-state index contributed by atoms with van der Waals surface area (Å²) in [6.45, 7) is 1.50. The normalized spacial score (nSPS) is 18.0. The van der Waals surface area contributed by atoms with Crippen LogP contribution in [0.3, 0.4) is 0 Å². The summed E-state index contributed by atoms with van der Waals surface area (Å²) < 4.78 is 7.54. The van der Waals surface area contributed by atoms with Crippen molar-refractivity contribution in [3.63, 3.8) is 0 Å². The lowest BCUT2D eigenvalue weighted by Crippen LogP contribution is -2.35. The van der Waals surface area contributed by atoms with Gasteiger partial charge in [-0.2, -0.15) is 4.98 Å². The summed E-state index contributed by atoms with van der Waals surface area (Å²) in [7, 11) is 0. The first kappa shape index (κ1) is 13.6. The Morgan fingerprint density at radius 3 is 3.04 bits per heavy atom. The van der Waals surface area contributed by atoms with Gasteiger partial charge in [0.2, 0.25) is 0 Å². The maximum absolute atomic E-state index is 6.46. The number of imidazole rings is 1. The maximum atomic E-state index is 6.46. The van der Waals surface area contributed by atoms with Gasteiger partial charge in [0.25, 0.3) is 5.89 Å². The molecule has 1 aromatic carbocycles. The Morgan fingerprint density at radius 2 is 2.16 bits per heavy atom. The predicted molar refractivity (Wildman–Crippen MR) is 92.6 cm³/mol. The number of amidine groups is 1. The zero-order valence-electron chi connectivity index (χ0n) is 13.2. The number of fused-ring (bicyclic) bond motifs is 6. The molecule has 1 aliphatic carbocycles. The molecule has 2 aromatic heterocycles. The Bertz CT molecular complexity index is 1050. The second kappa shape index (κ2) is 4.70. The van der Waals surface area contributed by atoms with E-state index in [0.29, 0.717) is 22.5 Å². The van der Waals surface area contributed by atoms with Crippen molar-refractivity contribution < 1.29 is 4.52 Å². The summed E-state index contributed by atoms with van der Waals surface area (Å²) in [4.78, 5) is 15.9. The van der Waals surface area contributed by atoms with Gasteiger partial charge in [-0.1, -0.05) is 22.8 Å². The van der Waals surface area contributed by atoms with Gasteiger partial charge in [0.15, 0.2) is 17.3 Å². The van der Waals surface area contributed by atoms with Crippen molar-refractivity contribution in [3.05, 3.63) is 40.9 Å². The van der Waals surface area contributed by atoms with Crippen LogP contribution >= 0.6 is 11.6 Å². The highest BCUT2D eigenvalue weighted by Gasteiger charge is 2.37. The van der Waals surface area contributed by atoms with Gasteiger partial charge in [0, 0.05) is 12.5 Å². The van der Waals surface area contributed by atoms with E-state index < -0.39 is 0 Å². The average molecular weight is 353 g/mol. The zero-order valence-corrected chi connectivity index (χ0v) is 13.9. The molecule has 4 heterocycles. The molecule has 0 radical (unpaired) electrons. The quantitative estimate of drug-likeness (QED) is 0.708. The van der Waals surface area contributed by atoms with Gasteiger partial charge < -0.3 is 9.42 Å². The highest BCUT2D eigenvalue weighted by atomic mass is 35.5. The molecule has 8 heteroatoms. The number of nitrogens with zero attached hydrogens (tertiary/aromatic N) is 6. The molecule has 0 atom stereocenters. The van der Waals surface area contributed by atoms with Gasteiger partial charge in [-0.05, 0) is 25.0 Å². The van der Waals surface area contributed by atoms with Gasteiger partial charge in [0.05, 0.1) is 22.8 Å². The number of halogens is 1. The molecule has 1 fully saturated rings. The fraction of sp³-hybridized carbons (Fsp3) is 0.294. The van der Waals surface area contributed by atoms with E-state index in [1.165, 1.54) is 0 Å². The first-order valence-corrected chi connectivity index (χ1v) is 8.71. The van der Waals surface area contributed by atoms with Crippen molar-refractivity contribution in [1.29, 1.82) is 0 Å². The van der Waals surface area contributed by atoms with Crippen LogP contribution in [0.5, 0.6) is 0 Å². The van der Waals surface area contributed by atoms with Gasteiger partial charge in [-0.25, -0.2) is 4.98 Å². The number of hydrogen-bond acceptors (Lipinski definition) is 6. The molecule has 3 aromatic rings. The van der Waals surface area contributed by atoms with Crippen molar-refractivity contribution >= 4 is 23.3 Å². The van der Waals surface area contributed by atoms with Crippen LogP contribution in [0.25, 0.3) is 17.3 Å². The Balaban J connectivity index is 1.58. The summed E-state index contributed by atoms with van der Waals surface area (Å²) in [6.07, 6.45) is 4.06. The number of hydrogen-bond donors (Lipinski definition) is 0. The largest absolute Gasteiger partial charge is 0.332 e. The molecular weight excluding hydrogens is 340 g/mol. The molecule has 0 bridgehead atoms. The number of rotatable bonds is 2. The predicted octanol–water partition coefficient (Wildman–Crippen LogP) is 3.03. The van der Waals surface area contributed by atoms with Crippen LogP contribution in [0.2, 0.25) is 5.02 Å². The van der Waals surface area contributed by atoms with Crippen LogP contribution in [0.4, 0.5) is 5.82 Å². The summed E-state index contributed by atoms with van der Waals surface area (Å²) >= 11 is 6.46. The minimum absolute atomic E-state index is 0.444. The van der Waals surface area contributed by atoms with Crippen molar-refractivity contribution in [1.82, 2.24) is 19.7 Å². The SMILES string of the molecule is Clc1cccc2c1C1=NCCN1c1c(-c3nc(C4CC4)no3)ncn1-2. The molecule has 0 saturated heterocycles.